The summed E-state index contributed by atoms with van der Waals surface area (Å²) in [4.78, 5) is 11.6. The number of hydrogen-bond acceptors (Lipinski definition) is 1. The van der Waals surface area contributed by atoms with Gasteiger partial charge in [0.05, 0.1) is 0 Å². The van der Waals surface area contributed by atoms with Crippen molar-refractivity contribution in [3.8, 4) is 0 Å². The molecule has 0 aromatic heterocycles. The van der Waals surface area contributed by atoms with Gasteiger partial charge in [-0.3, -0.25) is 4.79 Å². The lowest BCUT2D eigenvalue weighted by molar-refractivity contribution is 0.0980. The summed E-state index contributed by atoms with van der Waals surface area (Å²) in [6.07, 6.45) is 0.983. The molecule has 3 heteroatoms. The molecule has 94 valence electrons. The maximum Gasteiger partial charge on any atom is 0.163 e. The number of hydrogen-bond donors (Lipinski definition) is 0. The van der Waals surface area contributed by atoms with E-state index >= 15 is 0 Å². The van der Waals surface area contributed by atoms with Crippen molar-refractivity contribution in [1.82, 2.24) is 0 Å². The highest BCUT2D eigenvalue weighted by Crippen LogP contribution is 2.29. The quantitative estimate of drug-likeness (QED) is 0.722. The van der Waals surface area contributed by atoms with Crippen LogP contribution in [0.4, 0.5) is 8.78 Å². The summed E-state index contributed by atoms with van der Waals surface area (Å²) in [6, 6.07) is 2.28. The Balaban J connectivity index is 3.23. The maximum atomic E-state index is 13.8. The van der Waals surface area contributed by atoms with Crippen molar-refractivity contribution in [3.63, 3.8) is 0 Å². The van der Waals surface area contributed by atoms with Gasteiger partial charge in [-0.15, -0.1) is 0 Å². The number of benzene rings is 1. The molecule has 0 heterocycles. The SMILES string of the molecule is CCCC(=O)c1cc(F)c(C(C)(C)C)c(F)c1. The van der Waals surface area contributed by atoms with Crippen molar-refractivity contribution >= 4 is 5.78 Å². The Labute approximate surface area is 101 Å². The van der Waals surface area contributed by atoms with E-state index in [2.05, 4.69) is 0 Å². The molecule has 1 rings (SSSR count). The van der Waals surface area contributed by atoms with E-state index in [-0.39, 0.29) is 16.9 Å². The lowest BCUT2D eigenvalue weighted by atomic mass is 9.85. The smallest absolute Gasteiger partial charge is 0.163 e. The first-order chi connectivity index (χ1) is 7.77. The molecule has 1 aromatic carbocycles. The third-order valence-electron chi connectivity index (χ3n) is 2.59. The van der Waals surface area contributed by atoms with Gasteiger partial charge >= 0.3 is 0 Å². The first-order valence-corrected chi connectivity index (χ1v) is 5.80. The highest BCUT2D eigenvalue weighted by molar-refractivity contribution is 5.96. The highest BCUT2D eigenvalue weighted by atomic mass is 19.1. The highest BCUT2D eigenvalue weighted by Gasteiger charge is 2.24. The van der Waals surface area contributed by atoms with Gasteiger partial charge in [0, 0.05) is 17.5 Å². The molecule has 0 spiro atoms. The van der Waals surface area contributed by atoms with Crippen LogP contribution in [0.15, 0.2) is 12.1 Å². The van der Waals surface area contributed by atoms with Crippen LogP contribution in [-0.2, 0) is 5.41 Å². The van der Waals surface area contributed by atoms with E-state index in [1.807, 2.05) is 6.92 Å². The van der Waals surface area contributed by atoms with E-state index in [4.69, 9.17) is 0 Å². The average molecular weight is 240 g/mol. The Morgan fingerprint density at radius 3 is 2.00 bits per heavy atom. The number of halogens is 2. The minimum Gasteiger partial charge on any atom is -0.294 e. The molecule has 1 nitrogen and oxygen atoms in total. The lowest BCUT2D eigenvalue weighted by Gasteiger charge is -2.21. The fraction of sp³-hybridized carbons (Fsp3) is 0.500. The Bertz CT molecular complexity index is 407. The fourth-order valence-electron chi connectivity index (χ4n) is 1.82. The van der Waals surface area contributed by atoms with Gasteiger partial charge in [-0.2, -0.15) is 0 Å². The molecule has 0 aliphatic heterocycles. The fourth-order valence-corrected chi connectivity index (χ4v) is 1.82. The molecule has 0 aliphatic rings. The van der Waals surface area contributed by atoms with Crippen molar-refractivity contribution in [2.24, 2.45) is 0 Å². The molecule has 1 aromatic rings. The van der Waals surface area contributed by atoms with Crippen LogP contribution in [0.1, 0.15) is 56.5 Å². The number of ketones is 1. The normalized spacial score (nSPS) is 11.6. The maximum absolute atomic E-state index is 13.8. The molecule has 0 bridgehead atoms. The van der Waals surface area contributed by atoms with E-state index in [1.54, 1.807) is 20.8 Å². The molecule has 0 saturated carbocycles. The van der Waals surface area contributed by atoms with E-state index < -0.39 is 17.0 Å². The van der Waals surface area contributed by atoms with Crippen molar-refractivity contribution in [1.29, 1.82) is 0 Å². The zero-order chi connectivity index (χ0) is 13.2. The van der Waals surface area contributed by atoms with E-state index in [0.29, 0.717) is 12.8 Å². The third kappa shape index (κ3) is 3.11. The molecule has 0 radical (unpaired) electrons. The molecule has 0 fully saturated rings. The summed E-state index contributed by atoms with van der Waals surface area (Å²) in [6.45, 7) is 7.07. The van der Waals surface area contributed by atoms with Crippen LogP contribution in [-0.4, -0.2) is 5.78 Å². The van der Waals surface area contributed by atoms with Gasteiger partial charge in [-0.25, -0.2) is 8.78 Å². The summed E-state index contributed by atoms with van der Waals surface area (Å²) in [5, 5.41) is 0. The van der Waals surface area contributed by atoms with Gasteiger partial charge in [-0.1, -0.05) is 27.7 Å². The van der Waals surface area contributed by atoms with Gasteiger partial charge in [0.15, 0.2) is 5.78 Å². The Morgan fingerprint density at radius 2 is 1.65 bits per heavy atom. The van der Waals surface area contributed by atoms with E-state index in [9.17, 15) is 13.6 Å². The molecule has 0 atom stereocenters. The van der Waals surface area contributed by atoms with Crippen LogP contribution in [0.25, 0.3) is 0 Å². The predicted molar refractivity (Wildman–Crippen MR) is 64.3 cm³/mol. The topological polar surface area (TPSA) is 17.1 Å². The third-order valence-corrected chi connectivity index (χ3v) is 2.59. The number of carbonyl (C=O) groups is 1. The second-order valence-electron chi connectivity index (χ2n) is 5.24. The first-order valence-electron chi connectivity index (χ1n) is 5.80. The van der Waals surface area contributed by atoms with Crippen molar-refractivity contribution in [3.05, 3.63) is 34.9 Å². The van der Waals surface area contributed by atoms with Gasteiger partial charge in [0.25, 0.3) is 0 Å². The monoisotopic (exact) mass is 240 g/mol. The van der Waals surface area contributed by atoms with Crippen LogP contribution in [0.2, 0.25) is 0 Å². The number of carbonyl (C=O) groups excluding carboxylic acids is 1. The largest absolute Gasteiger partial charge is 0.294 e. The second-order valence-corrected chi connectivity index (χ2v) is 5.24. The Morgan fingerprint density at radius 1 is 1.18 bits per heavy atom. The minimum atomic E-state index is -0.642. The van der Waals surface area contributed by atoms with E-state index in [0.717, 1.165) is 12.1 Å². The molecule has 0 unspecified atom stereocenters. The van der Waals surface area contributed by atoms with Gasteiger partial charge in [0.2, 0.25) is 0 Å². The lowest BCUT2D eigenvalue weighted by Crippen LogP contribution is -2.17. The average Bonchev–Trinajstić information content (AvgIpc) is 2.14. The van der Waals surface area contributed by atoms with Crippen molar-refractivity contribution in [2.75, 3.05) is 0 Å². The summed E-state index contributed by atoms with van der Waals surface area (Å²) in [7, 11) is 0. The number of rotatable bonds is 3. The Hall–Kier alpha value is -1.25. The van der Waals surface area contributed by atoms with Crippen LogP contribution in [0, 0.1) is 11.6 Å². The number of Topliss-reactive ketones (excluding diaryl/α,β-unsaturated/α-hetero) is 1. The second kappa shape index (κ2) is 4.94. The predicted octanol–water partition coefficient (Wildman–Crippen LogP) is 4.25. The minimum absolute atomic E-state index is 0.0329. The molecule has 17 heavy (non-hydrogen) atoms. The molecule has 0 amide bonds. The van der Waals surface area contributed by atoms with Gasteiger partial charge < -0.3 is 0 Å². The summed E-state index contributed by atoms with van der Waals surface area (Å²) in [5.74, 6) is -1.50. The standard InChI is InChI=1S/C14H18F2O/c1-5-6-12(17)9-7-10(15)13(11(16)8-9)14(2,3)4/h7-8H,5-6H2,1-4H3. The molecule has 0 aliphatic carbocycles. The molecule has 0 saturated heterocycles. The zero-order valence-electron chi connectivity index (χ0n) is 10.7. The van der Waals surface area contributed by atoms with Crippen molar-refractivity contribution < 1.29 is 13.6 Å². The molecular weight excluding hydrogens is 222 g/mol. The molecule has 0 N–H and O–H groups in total. The Kier molecular flexibility index (Phi) is 4.02. The summed E-state index contributed by atoms with van der Waals surface area (Å²) in [5.41, 5.74) is -0.457. The first kappa shape index (κ1) is 13.8. The van der Waals surface area contributed by atoms with Crippen LogP contribution in [0.5, 0.6) is 0 Å². The summed E-state index contributed by atoms with van der Waals surface area (Å²) < 4.78 is 27.6. The van der Waals surface area contributed by atoms with Crippen LogP contribution >= 0.6 is 0 Å². The zero-order valence-corrected chi connectivity index (χ0v) is 10.7. The van der Waals surface area contributed by atoms with E-state index in [1.165, 1.54) is 0 Å². The summed E-state index contributed by atoms with van der Waals surface area (Å²) >= 11 is 0. The van der Waals surface area contributed by atoms with Crippen molar-refractivity contribution in [2.45, 2.75) is 46.0 Å². The van der Waals surface area contributed by atoms with Gasteiger partial charge in [-0.05, 0) is 24.0 Å². The van der Waals surface area contributed by atoms with Crippen LogP contribution < -0.4 is 0 Å². The molecular formula is C14H18F2O. The van der Waals surface area contributed by atoms with Gasteiger partial charge in [0.1, 0.15) is 11.6 Å². The van der Waals surface area contributed by atoms with Crippen LogP contribution in [0.3, 0.4) is 0 Å².